The first-order valence-electron chi connectivity index (χ1n) is 6.13. The van der Waals surface area contributed by atoms with Crippen molar-refractivity contribution in [3.8, 4) is 0 Å². The molecule has 5 heteroatoms. The second kappa shape index (κ2) is 4.87. The minimum Gasteiger partial charge on any atom is -0.322 e. The maximum absolute atomic E-state index is 12.1. The summed E-state index contributed by atoms with van der Waals surface area (Å²) in [5, 5.41) is 7.06. The molecule has 0 saturated carbocycles. The van der Waals surface area contributed by atoms with Crippen molar-refractivity contribution in [1.29, 1.82) is 0 Å². The van der Waals surface area contributed by atoms with Crippen molar-refractivity contribution in [2.45, 2.75) is 32.7 Å². The van der Waals surface area contributed by atoms with Gasteiger partial charge in [-0.2, -0.15) is 5.10 Å². The zero-order valence-corrected chi connectivity index (χ0v) is 10.7. The van der Waals surface area contributed by atoms with Gasteiger partial charge in [0, 0.05) is 7.05 Å². The van der Waals surface area contributed by atoms with E-state index < -0.39 is 0 Å². The Morgan fingerprint density at radius 3 is 2.65 bits per heavy atom. The molecule has 0 aromatic carbocycles. The van der Waals surface area contributed by atoms with E-state index in [1.54, 1.807) is 10.9 Å². The molecular weight excluding hydrogens is 216 g/mol. The van der Waals surface area contributed by atoms with E-state index in [4.69, 9.17) is 0 Å². The van der Waals surface area contributed by atoms with Crippen molar-refractivity contribution < 1.29 is 4.79 Å². The molecule has 0 aliphatic carbocycles. The standard InChI is InChI=1S/C12H20N4O/c1-9-11(8-13-15(9)3)14-12(17)10(2)16-6-4-5-7-16/h8,10H,4-7H2,1-3H3,(H,14,17). The lowest BCUT2D eigenvalue weighted by Crippen LogP contribution is -2.40. The van der Waals surface area contributed by atoms with Gasteiger partial charge in [-0.1, -0.05) is 0 Å². The topological polar surface area (TPSA) is 50.2 Å². The van der Waals surface area contributed by atoms with Crippen LogP contribution in [0.25, 0.3) is 0 Å². The molecule has 0 bridgehead atoms. The van der Waals surface area contributed by atoms with Crippen LogP contribution in [0.1, 0.15) is 25.5 Å². The van der Waals surface area contributed by atoms with Gasteiger partial charge >= 0.3 is 0 Å². The minimum absolute atomic E-state index is 0.0582. The Balaban J connectivity index is 1.98. The summed E-state index contributed by atoms with van der Waals surface area (Å²) in [5.41, 5.74) is 1.79. The molecule has 1 amide bonds. The molecule has 2 heterocycles. The van der Waals surface area contributed by atoms with E-state index in [1.165, 1.54) is 12.8 Å². The van der Waals surface area contributed by atoms with Gasteiger partial charge in [0.05, 0.1) is 23.6 Å². The molecule has 1 unspecified atom stereocenters. The average molecular weight is 236 g/mol. The van der Waals surface area contributed by atoms with Crippen LogP contribution >= 0.6 is 0 Å². The van der Waals surface area contributed by atoms with E-state index in [2.05, 4.69) is 15.3 Å². The third-order valence-corrected chi connectivity index (χ3v) is 3.56. The summed E-state index contributed by atoms with van der Waals surface area (Å²) >= 11 is 0. The van der Waals surface area contributed by atoms with E-state index in [9.17, 15) is 4.79 Å². The summed E-state index contributed by atoms with van der Waals surface area (Å²) in [6.07, 6.45) is 4.09. The number of likely N-dealkylation sites (tertiary alicyclic amines) is 1. The van der Waals surface area contributed by atoms with Gasteiger partial charge in [-0.15, -0.1) is 0 Å². The first-order valence-corrected chi connectivity index (χ1v) is 6.13. The molecule has 1 aliphatic rings. The number of nitrogens with one attached hydrogen (secondary N) is 1. The Labute approximate surface area is 102 Å². The monoisotopic (exact) mass is 236 g/mol. The lowest BCUT2D eigenvalue weighted by Gasteiger charge is -2.22. The Morgan fingerprint density at radius 1 is 1.47 bits per heavy atom. The molecule has 1 saturated heterocycles. The molecule has 1 N–H and O–H groups in total. The van der Waals surface area contributed by atoms with E-state index >= 15 is 0 Å². The minimum atomic E-state index is -0.0582. The van der Waals surface area contributed by atoms with Crippen molar-refractivity contribution in [2.75, 3.05) is 18.4 Å². The van der Waals surface area contributed by atoms with Gasteiger partial charge in [0.1, 0.15) is 0 Å². The predicted molar refractivity (Wildman–Crippen MR) is 66.8 cm³/mol. The smallest absolute Gasteiger partial charge is 0.241 e. The number of hydrogen-bond acceptors (Lipinski definition) is 3. The fraction of sp³-hybridized carbons (Fsp3) is 0.667. The molecule has 17 heavy (non-hydrogen) atoms. The zero-order chi connectivity index (χ0) is 12.4. The van der Waals surface area contributed by atoms with Crippen LogP contribution in [0, 0.1) is 6.92 Å². The Hall–Kier alpha value is -1.36. The number of carbonyl (C=O) groups is 1. The van der Waals surface area contributed by atoms with Gasteiger partial charge in [0.25, 0.3) is 0 Å². The lowest BCUT2D eigenvalue weighted by molar-refractivity contribution is -0.120. The fourth-order valence-corrected chi connectivity index (χ4v) is 2.15. The van der Waals surface area contributed by atoms with Crippen LogP contribution in [-0.2, 0) is 11.8 Å². The highest BCUT2D eigenvalue weighted by Crippen LogP contribution is 2.16. The van der Waals surface area contributed by atoms with E-state index in [0.717, 1.165) is 24.5 Å². The van der Waals surface area contributed by atoms with Crippen molar-refractivity contribution >= 4 is 11.6 Å². The molecule has 1 atom stereocenters. The fourth-order valence-electron chi connectivity index (χ4n) is 2.15. The quantitative estimate of drug-likeness (QED) is 0.856. The highest BCUT2D eigenvalue weighted by molar-refractivity contribution is 5.94. The Kier molecular flexibility index (Phi) is 3.47. The summed E-state index contributed by atoms with van der Waals surface area (Å²) in [7, 11) is 1.87. The second-order valence-electron chi connectivity index (χ2n) is 4.68. The first-order chi connectivity index (χ1) is 8.09. The molecular formula is C12H20N4O. The zero-order valence-electron chi connectivity index (χ0n) is 10.7. The van der Waals surface area contributed by atoms with Crippen molar-refractivity contribution in [3.05, 3.63) is 11.9 Å². The Morgan fingerprint density at radius 2 is 2.12 bits per heavy atom. The van der Waals surface area contributed by atoms with Crippen LogP contribution in [0.4, 0.5) is 5.69 Å². The number of amides is 1. The van der Waals surface area contributed by atoms with E-state index in [0.29, 0.717) is 0 Å². The first kappa shape index (κ1) is 12.1. The third kappa shape index (κ3) is 2.49. The molecule has 2 rings (SSSR count). The van der Waals surface area contributed by atoms with E-state index in [-0.39, 0.29) is 11.9 Å². The molecule has 1 aliphatic heterocycles. The SMILES string of the molecule is Cc1c(NC(=O)C(C)N2CCCC2)cnn1C. The highest BCUT2D eigenvalue weighted by Gasteiger charge is 2.24. The van der Waals surface area contributed by atoms with Crippen LogP contribution in [-0.4, -0.2) is 39.7 Å². The summed E-state index contributed by atoms with van der Waals surface area (Å²) < 4.78 is 1.76. The second-order valence-corrected chi connectivity index (χ2v) is 4.68. The highest BCUT2D eigenvalue weighted by atomic mass is 16.2. The van der Waals surface area contributed by atoms with Gasteiger partial charge in [-0.05, 0) is 39.8 Å². The predicted octanol–water partition coefficient (Wildman–Crippen LogP) is 1.15. The third-order valence-electron chi connectivity index (χ3n) is 3.56. The molecule has 0 radical (unpaired) electrons. The summed E-state index contributed by atoms with van der Waals surface area (Å²) in [6, 6.07) is -0.0582. The Bertz CT molecular complexity index is 407. The van der Waals surface area contributed by atoms with Gasteiger partial charge in [0.2, 0.25) is 5.91 Å². The van der Waals surface area contributed by atoms with Gasteiger partial charge < -0.3 is 5.32 Å². The molecule has 5 nitrogen and oxygen atoms in total. The van der Waals surface area contributed by atoms with Crippen molar-refractivity contribution in [3.63, 3.8) is 0 Å². The number of anilines is 1. The maximum Gasteiger partial charge on any atom is 0.241 e. The van der Waals surface area contributed by atoms with Crippen LogP contribution in [0.2, 0.25) is 0 Å². The van der Waals surface area contributed by atoms with Crippen LogP contribution < -0.4 is 5.32 Å². The van der Waals surface area contributed by atoms with Gasteiger partial charge in [-0.3, -0.25) is 14.4 Å². The molecule has 94 valence electrons. The number of hydrogen-bond donors (Lipinski definition) is 1. The van der Waals surface area contributed by atoms with Gasteiger partial charge in [0.15, 0.2) is 0 Å². The van der Waals surface area contributed by atoms with Crippen molar-refractivity contribution in [1.82, 2.24) is 14.7 Å². The number of aromatic nitrogens is 2. The maximum atomic E-state index is 12.1. The summed E-state index contributed by atoms with van der Waals surface area (Å²) in [6.45, 7) is 5.97. The van der Waals surface area contributed by atoms with Crippen LogP contribution in [0.15, 0.2) is 6.20 Å². The summed E-state index contributed by atoms with van der Waals surface area (Å²) in [5.74, 6) is 0.0583. The van der Waals surface area contributed by atoms with Crippen LogP contribution in [0.5, 0.6) is 0 Å². The van der Waals surface area contributed by atoms with Crippen molar-refractivity contribution in [2.24, 2.45) is 7.05 Å². The lowest BCUT2D eigenvalue weighted by atomic mass is 10.2. The van der Waals surface area contributed by atoms with Crippen LogP contribution in [0.3, 0.4) is 0 Å². The molecule has 1 fully saturated rings. The number of carbonyl (C=O) groups excluding carboxylic acids is 1. The van der Waals surface area contributed by atoms with Gasteiger partial charge in [-0.25, -0.2) is 0 Å². The number of aryl methyl sites for hydroxylation is 1. The number of nitrogens with zero attached hydrogens (tertiary/aromatic N) is 3. The largest absolute Gasteiger partial charge is 0.322 e. The van der Waals surface area contributed by atoms with E-state index in [1.807, 2.05) is 20.9 Å². The molecule has 0 spiro atoms. The summed E-state index contributed by atoms with van der Waals surface area (Å²) in [4.78, 5) is 14.3. The normalized spacial score (nSPS) is 18.3. The molecule has 1 aromatic heterocycles. The average Bonchev–Trinajstić information content (AvgIpc) is 2.93. The number of rotatable bonds is 3. The molecule has 1 aromatic rings.